The number of aryl methyl sites for hydroxylation is 1. The van der Waals surface area contributed by atoms with Crippen molar-refractivity contribution in [2.24, 2.45) is 0 Å². The molecule has 0 aliphatic heterocycles. The van der Waals surface area contributed by atoms with Gasteiger partial charge in [-0.15, -0.1) is 0 Å². The van der Waals surface area contributed by atoms with Crippen molar-refractivity contribution in [3.05, 3.63) is 53.2 Å². The molecular weight excluding hydrogens is 296 g/mol. The normalized spacial score (nSPS) is 12.2. The average molecular weight is 318 g/mol. The highest BCUT2D eigenvalue weighted by atomic mass is 32.2. The largest absolute Gasteiger partial charge is 0.455 e. The van der Waals surface area contributed by atoms with Crippen LogP contribution in [0.4, 0.5) is 0 Å². The summed E-state index contributed by atoms with van der Waals surface area (Å²) >= 11 is 1.67. The highest BCUT2D eigenvalue weighted by Crippen LogP contribution is 2.16. The number of thioether (sulfide) groups is 1. The number of pyridine rings is 1. The molecule has 0 N–H and O–H groups in total. The van der Waals surface area contributed by atoms with Gasteiger partial charge in [0, 0.05) is 31.4 Å². The van der Waals surface area contributed by atoms with Crippen LogP contribution in [0.3, 0.4) is 0 Å². The Hall–Kier alpha value is -1.75. The maximum Gasteiger partial charge on any atom is 0.289 e. The Balaban J connectivity index is 2.02. The molecule has 2 rings (SSSR count). The predicted molar refractivity (Wildman–Crippen MR) is 90.2 cm³/mol. The molecule has 0 saturated carbocycles. The molecule has 2 aromatic heterocycles. The summed E-state index contributed by atoms with van der Waals surface area (Å²) in [6, 6.07) is 7.69. The molecular formula is C17H22N2O2S. The number of aromatic nitrogens is 1. The Bertz CT molecular complexity index is 639. The molecule has 0 unspecified atom stereocenters. The van der Waals surface area contributed by atoms with E-state index in [1.165, 1.54) is 5.56 Å². The Morgan fingerprint density at radius 1 is 1.41 bits per heavy atom. The first-order valence-electron chi connectivity index (χ1n) is 7.27. The topological polar surface area (TPSA) is 46.3 Å². The monoisotopic (exact) mass is 318 g/mol. The molecule has 1 amide bonds. The van der Waals surface area contributed by atoms with Crippen LogP contribution in [0.15, 0.2) is 34.9 Å². The summed E-state index contributed by atoms with van der Waals surface area (Å²) in [5.41, 5.74) is 2.17. The van der Waals surface area contributed by atoms with E-state index in [9.17, 15) is 4.79 Å². The van der Waals surface area contributed by atoms with Crippen LogP contribution >= 0.6 is 11.8 Å². The molecule has 0 spiro atoms. The van der Waals surface area contributed by atoms with Gasteiger partial charge in [-0.3, -0.25) is 9.78 Å². The standard InChI is InChI=1S/C17H22N2O2S/c1-12-7-8-18-14(9-12)10-13(2)19(3)17(20)16-6-5-15(21-16)11-22-4/h5-9,13H,10-11H2,1-4H3/t13-/m1/s1. The molecule has 1 atom stereocenters. The Morgan fingerprint density at radius 2 is 2.18 bits per heavy atom. The second kappa shape index (κ2) is 7.49. The smallest absolute Gasteiger partial charge is 0.289 e. The molecule has 0 aliphatic carbocycles. The molecule has 0 aromatic carbocycles. The van der Waals surface area contributed by atoms with Crippen LogP contribution in [0, 0.1) is 6.92 Å². The number of hydrogen-bond acceptors (Lipinski definition) is 4. The van der Waals surface area contributed by atoms with Crippen molar-refractivity contribution in [2.45, 2.75) is 32.1 Å². The van der Waals surface area contributed by atoms with Gasteiger partial charge in [0.2, 0.25) is 0 Å². The molecule has 0 aliphatic rings. The number of hydrogen-bond donors (Lipinski definition) is 0. The summed E-state index contributed by atoms with van der Waals surface area (Å²) in [5, 5.41) is 0. The zero-order chi connectivity index (χ0) is 16.1. The lowest BCUT2D eigenvalue weighted by atomic mass is 10.1. The van der Waals surface area contributed by atoms with Gasteiger partial charge in [-0.1, -0.05) is 0 Å². The van der Waals surface area contributed by atoms with Crippen LogP contribution in [0.1, 0.15) is 34.5 Å². The molecule has 2 heterocycles. The third kappa shape index (κ3) is 4.13. The molecule has 0 bridgehead atoms. The highest BCUT2D eigenvalue weighted by molar-refractivity contribution is 7.97. The lowest BCUT2D eigenvalue weighted by Crippen LogP contribution is -2.36. The maximum absolute atomic E-state index is 12.5. The van der Waals surface area contributed by atoms with E-state index in [-0.39, 0.29) is 11.9 Å². The van der Waals surface area contributed by atoms with Gasteiger partial charge >= 0.3 is 0 Å². The molecule has 0 saturated heterocycles. The zero-order valence-corrected chi connectivity index (χ0v) is 14.3. The van der Waals surface area contributed by atoms with Crippen molar-refractivity contribution in [1.82, 2.24) is 9.88 Å². The fourth-order valence-electron chi connectivity index (χ4n) is 2.24. The fraction of sp³-hybridized carbons (Fsp3) is 0.412. The van der Waals surface area contributed by atoms with E-state index >= 15 is 0 Å². The zero-order valence-electron chi connectivity index (χ0n) is 13.5. The van der Waals surface area contributed by atoms with Crippen LogP contribution in [0.2, 0.25) is 0 Å². The maximum atomic E-state index is 12.5. The summed E-state index contributed by atoms with van der Waals surface area (Å²) in [5.74, 6) is 1.92. The van der Waals surface area contributed by atoms with E-state index in [0.29, 0.717) is 5.76 Å². The van der Waals surface area contributed by atoms with Crippen molar-refractivity contribution in [3.63, 3.8) is 0 Å². The van der Waals surface area contributed by atoms with Crippen molar-refractivity contribution < 1.29 is 9.21 Å². The molecule has 0 fully saturated rings. The second-order valence-corrected chi connectivity index (χ2v) is 6.36. The number of rotatable bonds is 6. The molecule has 118 valence electrons. The lowest BCUT2D eigenvalue weighted by molar-refractivity contribution is 0.0709. The molecule has 2 aromatic rings. The van der Waals surface area contributed by atoms with E-state index in [4.69, 9.17) is 4.42 Å². The van der Waals surface area contributed by atoms with Crippen LogP contribution in [-0.2, 0) is 12.2 Å². The van der Waals surface area contributed by atoms with E-state index < -0.39 is 0 Å². The quantitative estimate of drug-likeness (QED) is 0.817. The third-order valence-electron chi connectivity index (χ3n) is 3.62. The van der Waals surface area contributed by atoms with Crippen LogP contribution in [0.25, 0.3) is 0 Å². The van der Waals surface area contributed by atoms with E-state index in [1.807, 2.05) is 32.2 Å². The van der Waals surface area contributed by atoms with E-state index in [1.54, 1.807) is 36.0 Å². The van der Waals surface area contributed by atoms with Gasteiger partial charge in [0.15, 0.2) is 5.76 Å². The van der Waals surface area contributed by atoms with Crippen molar-refractivity contribution in [2.75, 3.05) is 13.3 Å². The predicted octanol–water partition coefficient (Wildman–Crippen LogP) is 3.55. The molecule has 5 heteroatoms. The summed E-state index contributed by atoms with van der Waals surface area (Å²) < 4.78 is 5.60. The lowest BCUT2D eigenvalue weighted by Gasteiger charge is -2.23. The van der Waals surface area contributed by atoms with Gasteiger partial charge in [-0.05, 0) is 49.9 Å². The summed E-state index contributed by atoms with van der Waals surface area (Å²) in [7, 11) is 1.81. The molecule has 4 nitrogen and oxygen atoms in total. The van der Waals surface area contributed by atoms with Gasteiger partial charge in [0.1, 0.15) is 5.76 Å². The number of nitrogens with zero attached hydrogens (tertiary/aromatic N) is 2. The third-order valence-corrected chi connectivity index (χ3v) is 4.19. The highest BCUT2D eigenvalue weighted by Gasteiger charge is 2.21. The number of furan rings is 1. The number of likely N-dealkylation sites (N-methyl/N-ethyl adjacent to an activating group) is 1. The number of carbonyl (C=O) groups is 1. The van der Waals surface area contributed by atoms with E-state index in [0.717, 1.165) is 23.6 Å². The summed E-state index contributed by atoms with van der Waals surface area (Å²) in [4.78, 5) is 18.5. The molecule has 22 heavy (non-hydrogen) atoms. The minimum atomic E-state index is -0.0903. The van der Waals surface area contributed by atoms with Crippen LogP contribution in [-0.4, -0.2) is 35.1 Å². The minimum Gasteiger partial charge on any atom is -0.455 e. The Kier molecular flexibility index (Phi) is 5.66. The van der Waals surface area contributed by atoms with E-state index in [2.05, 4.69) is 11.1 Å². The fourth-order valence-corrected chi connectivity index (χ4v) is 2.68. The first kappa shape index (κ1) is 16.6. The van der Waals surface area contributed by atoms with Crippen LogP contribution in [0.5, 0.6) is 0 Å². The van der Waals surface area contributed by atoms with Crippen molar-refractivity contribution in [3.8, 4) is 0 Å². The number of carbonyl (C=O) groups excluding carboxylic acids is 1. The van der Waals surface area contributed by atoms with Gasteiger partial charge in [0.05, 0.1) is 5.75 Å². The van der Waals surface area contributed by atoms with Gasteiger partial charge in [-0.25, -0.2) is 0 Å². The first-order chi connectivity index (χ1) is 10.5. The second-order valence-electron chi connectivity index (χ2n) is 5.49. The Labute approximate surface area is 135 Å². The SMILES string of the molecule is CSCc1ccc(C(=O)N(C)[C@H](C)Cc2cc(C)ccn2)o1. The Morgan fingerprint density at radius 3 is 2.86 bits per heavy atom. The first-order valence-corrected chi connectivity index (χ1v) is 8.67. The summed E-state index contributed by atoms with van der Waals surface area (Å²) in [6.07, 6.45) is 4.54. The average Bonchev–Trinajstić information content (AvgIpc) is 2.94. The van der Waals surface area contributed by atoms with Gasteiger partial charge in [0.25, 0.3) is 5.91 Å². The van der Waals surface area contributed by atoms with Gasteiger partial charge in [-0.2, -0.15) is 11.8 Å². The van der Waals surface area contributed by atoms with Crippen LogP contribution < -0.4 is 0 Å². The van der Waals surface area contributed by atoms with Gasteiger partial charge < -0.3 is 9.32 Å². The minimum absolute atomic E-state index is 0.0518. The van der Waals surface area contributed by atoms with Crippen molar-refractivity contribution in [1.29, 1.82) is 0 Å². The van der Waals surface area contributed by atoms with Crippen molar-refractivity contribution >= 4 is 17.7 Å². The summed E-state index contributed by atoms with van der Waals surface area (Å²) in [6.45, 7) is 4.06. The number of amides is 1. The molecule has 0 radical (unpaired) electrons.